The normalized spacial score (nSPS) is 9.29. The van der Waals surface area contributed by atoms with Gasteiger partial charge in [0.25, 0.3) is 0 Å². The van der Waals surface area contributed by atoms with Gasteiger partial charge in [0, 0.05) is 18.5 Å². The summed E-state index contributed by atoms with van der Waals surface area (Å²) in [7, 11) is 0. The number of benzene rings is 1. The van der Waals surface area contributed by atoms with Crippen LogP contribution in [0.4, 0.5) is 0 Å². The summed E-state index contributed by atoms with van der Waals surface area (Å²) in [6, 6.07) is 7.80. The van der Waals surface area contributed by atoms with Crippen LogP contribution < -0.4 is 11.1 Å². The van der Waals surface area contributed by atoms with E-state index in [0.29, 0.717) is 19.5 Å². The molecule has 3 heteroatoms. The molecule has 17 heavy (non-hydrogen) atoms. The molecule has 0 spiro atoms. The summed E-state index contributed by atoms with van der Waals surface area (Å²) >= 11 is 0. The standard InChI is InChI=1S/C14H18N2O/c1-2-4-14(17)16-11-13-8-6-12(7-9-13)5-3-10-15/h6-9H,2,4,10-11,15H2,1H3,(H,16,17). The van der Waals surface area contributed by atoms with Gasteiger partial charge in [-0.25, -0.2) is 0 Å². The Kier molecular flexibility index (Phi) is 5.84. The van der Waals surface area contributed by atoms with Gasteiger partial charge in [-0.05, 0) is 24.1 Å². The molecule has 0 heterocycles. The Labute approximate surface area is 102 Å². The van der Waals surface area contributed by atoms with Crippen LogP contribution in [0.25, 0.3) is 0 Å². The zero-order valence-electron chi connectivity index (χ0n) is 10.1. The fraction of sp³-hybridized carbons (Fsp3) is 0.357. The van der Waals surface area contributed by atoms with Crippen LogP contribution >= 0.6 is 0 Å². The number of hydrogen-bond donors (Lipinski definition) is 2. The molecule has 0 saturated carbocycles. The van der Waals surface area contributed by atoms with Crippen LogP contribution in [0.1, 0.15) is 30.9 Å². The first-order chi connectivity index (χ1) is 8.26. The van der Waals surface area contributed by atoms with E-state index >= 15 is 0 Å². The molecule has 0 fully saturated rings. The van der Waals surface area contributed by atoms with Gasteiger partial charge in [0.15, 0.2) is 0 Å². The summed E-state index contributed by atoms with van der Waals surface area (Å²) in [5, 5.41) is 2.87. The highest BCUT2D eigenvalue weighted by Gasteiger charge is 1.98. The maximum absolute atomic E-state index is 11.3. The van der Waals surface area contributed by atoms with Crippen molar-refractivity contribution in [2.45, 2.75) is 26.3 Å². The summed E-state index contributed by atoms with van der Waals surface area (Å²) in [6.07, 6.45) is 1.46. The van der Waals surface area contributed by atoms with Crippen molar-refractivity contribution in [2.75, 3.05) is 6.54 Å². The predicted molar refractivity (Wildman–Crippen MR) is 69.1 cm³/mol. The van der Waals surface area contributed by atoms with E-state index < -0.39 is 0 Å². The number of hydrogen-bond acceptors (Lipinski definition) is 2. The third kappa shape index (κ3) is 5.19. The molecule has 3 N–H and O–H groups in total. The molecule has 0 unspecified atom stereocenters. The highest BCUT2D eigenvalue weighted by molar-refractivity contribution is 5.75. The number of amides is 1. The average Bonchev–Trinajstić information content (AvgIpc) is 2.35. The second-order valence-corrected chi connectivity index (χ2v) is 3.73. The molecule has 0 aliphatic heterocycles. The van der Waals surface area contributed by atoms with Gasteiger partial charge >= 0.3 is 0 Å². The fourth-order valence-corrected chi connectivity index (χ4v) is 1.38. The van der Waals surface area contributed by atoms with Crippen LogP contribution in [0, 0.1) is 11.8 Å². The second kappa shape index (κ2) is 7.48. The molecular weight excluding hydrogens is 212 g/mol. The predicted octanol–water partition coefficient (Wildman–Crippen LogP) is 1.41. The summed E-state index contributed by atoms with van der Waals surface area (Å²) < 4.78 is 0. The lowest BCUT2D eigenvalue weighted by Gasteiger charge is -2.04. The van der Waals surface area contributed by atoms with E-state index in [1.807, 2.05) is 31.2 Å². The van der Waals surface area contributed by atoms with Gasteiger partial charge in [-0.1, -0.05) is 30.9 Å². The lowest BCUT2D eigenvalue weighted by molar-refractivity contribution is -0.121. The smallest absolute Gasteiger partial charge is 0.220 e. The molecule has 1 aromatic rings. The molecule has 0 aliphatic rings. The molecule has 1 rings (SSSR count). The van der Waals surface area contributed by atoms with Gasteiger partial charge in [-0.2, -0.15) is 0 Å². The van der Waals surface area contributed by atoms with Crippen LogP contribution in [0.15, 0.2) is 24.3 Å². The molecule has 3 nitrogen and oxygen atoms in total. The summed E-state index contributed by atoms with van der Waals surface area (Å²) in [4.78, 5) is 11.3. The molecule has 0 atom stereocenters. The maximum atomic E-state index is 11.3. The number of carbonyl (C=O) groups is 1. The summed E-state index contributed by atoms with van der Waals surface area (Å²) in [6.45, 7) is 2.93. The van der Waals surface area contributed by atoms with Gasteiger partial charge in [-0.15, -0.1) is 0 Å². The lowest BCUT2D eigenvalue weighted by atomic mass is 10.1. The Morgan fingerprint density at radius 1 is 1.35 bits per heavy atom. The monoisotopic (exact) mass is 230 g/mol. The van der Waals surface area contributed by atoms with Crippen LogP contribution in [0.3, 0.4) is 0 Å². The van der Waals surface area contributed by atoms with Crippen molar-refractivity contribution in [2.24, 2.45) is 5.73 Å². The first-order valence-corrected chi connectivity index (χ1v) is 5.81. The molecule has 0 aromatic heterocycles. The number of rotatable bonds is 4. The first-order valence-electron chi connectivity index (χ1n) is 5.81. The Morgan fingerprint density at radius 3 is 2.65 bits per heavy atom. The van der Waals surface area contributed by atoms with Crippen molar-refractivity contribution < 1.29 is 4.79 Å². The van der Waals surface area contributed by atoms with E-state index in [-0.39, 0.29) is 5.91 Å². The quantitative estimate of drug-likeness (QED) is 0.768. The molecule has 0 saturated heterocycles. The molecule has 0 aliphatic carbocycles. The molecule has 1 amide bonds. The Bertz CT molecular complexity index is 412. The van der Waals surface area contributed by atoms with Crippen molar-refractivity contribution in [3.63, 3.8) is 0 Å². The van der Waals surface area contributed by atoms with E-state index in [1.165, 1.54) is 0 Å². The molecule has 90 valence electrons. The third-order valence-electron chi connectivity index (χ3n) is 2.26. The minimum absolute atomic E-state index is 0.0968. The Balaban J connectivity index is 2.48. The van der Waals surface area contributed by atoms with E-state index in [2.05, 4.69) is 17.2 Å². The van der Waals surface area contributed by atoms with Gasteiger partial charge in [0.05, 0.1) is 6.54 Å². The largest absolute Gasteiger partial charge is 0.352 e. The van der Waals surface area contributed by atoms with Crippen molar-refractivity contribution in [3.8, 4) is 11.8 Å². The van der Waals surface area contributed by atoms with Gasteiger partial charge < -0.3 is 11.1 Å². The van der Waals surface area contributed by atoms with Crippen molar-refractivity contribution in [3.05, 3.63) is 35.4 Å². The summed E-state index contributed by atoms with van der Waals surface area (Å²) in [5.74, 6) is 5.85. The molecular formula is C14H18N2O. The number of nitrogens with two attached hydrogens (primary N) is 1. The van der Waals surface area contributed by atoms with Crippen LogP contribution in [0.2, 0.25) is 0 Å². The lowest BCUT2D eigenvalue weighted by Crippen LogP contribution is -2.21. The average molecular weight is 230 g/mol. The third-order valence-corrected chi connectivity index (χ3v) is 2.26. The zero-order valence-corrected chi connectivity index (χ0v) is 10.1. The second-order valence-electron chi connectivity index (χ2n) is 3.73. The highest BCUT2D eigenvalue weighted by atomic mass is 16.1. The van der Waals surface area contributed by atoms with Crippen LogP contribution in [-0.2, 0) is 11.3 Å². The molecule has 1 aromatic carbocycles. The molecule has 0 radical (unpaired) electrons. The molecule has 0 bridgehead atoms. The number of nitrogens with one attached hydrogen (secondary N) is 1. The van der Waals surface area contributed by atoms with Crippen LogP contribution in [-0.4, -0.2) is 12.5 Å². The van der Waals surface area contributed by atoms with E-state index in [0.717, 1.165) is 17.5 Å². The zero-order chi connectivity index (χ0) is 12.5. The van der Waals surface area contributed by atoms with Crippen LogP contribution in [0.5, 0.6) is 0 Å². The fourth-order valence-electron chi connectivity index (χ4n) is 1.38. The highest BCUT2D eigenvalue weighted by Crippen LogP contribution is 2.03. The minimum Gasteiger partial charge on any atom is -0.352 e. The number of carbonyl (C=O) groups excluding carboxylic acids is 1. The summed E-state index contributed by atoms with van der Waals surface area (Å²) in [5.41, 5.74) is 7.31. The van der Waals surface area contributed by atoms with Crippen molar-refractivity contribution in [1.82, 2.24) is 5.32 Å². The Morgan fingerprint density at radius 2 is 2.06 bits per heavy atom. The topological polar surface area (TPSA) is 55.1 Å². The maximum Gasteiger partial charge on any atom is 0.220 e. The van der Waals surface area contributed by atoms with Crippen molar-refractivity contribution >= 4 is 5.91 Å². The Hall–Kier alpha value is -1.79. The van der Waals surface area contributed by atoms with Gasteiger partial charge in [0.2, 0.25) is 5.91 Å². The van der Waals surface area contributed by atoms with Crippen molar-refractivity contribution in [1.29, 1.82) is 0 Å². The van der Waals surface area contributed by atoms with E-state index in [1.54, 1.807) is 0 Å². The van der Waals surface area contributed by atoms with Gasteiger partial charge in [0.1, 0.15) is 0 Å². The van der Waals surface area contributed by atoms with Gasteiger partial charge in [-0.3, -0.25) is 4.79 Å². The van der Waals surface area contributed by atoms with E-state index in [9.17, 15) is 4.79 Å². The SMILES string of the molecule is CCCC(=O)NCc1ccc(C#CCN)cc1. The van der Waals surface area contributed by atoms with E-state index in [4.69, 9.17) is 5.73 Å². The first kappa shape index (κ1) is 13.3. The minimum atomic E-state index is 0.0968.